The minimum atomic E-state index is -0.241. The highest BCUT2D eigenvalue weighted by Crippen LogP contribution is 2.35. The molecule has 2 heterocycles. The normalized spacial score (nSPS) is 17.1. The van der Waals surface area contributed by atoms with Crippen molar-refractivity contribution in [2.24, 2.45) is 0 Å². The van der Waals surface area contributed by atoms with Gasteiger partial charge in [0.2, 0.25) is 5.91 Å². The Bertz CT molecular complexity index is 613. The standard InChI is InChI=1S/C13H15N5OS/c1-2-5-14-11-9-4-3-8(6-10(9)17-12(11)19)20-13-15-7-16-18-13/h3-4,6-7,11,14H,2,5H2,1H3,(H,17,19)(H,15,16,18). The van der Waals surface area contributed by atoms with Crippen molar-refractivity contribution in [3.8, 4) is 0 Å². The van der Waals surface area contributed by atoms with Crippen molar-refractivity contribution in [2.45, 2.75) is 29.4 Å². The summed E-state index contributed by atoms with van der Waals surface area (Å²) >= 11 is 1.48. The minimum absolute atomic E-state index is 0.00950. The van der Waals surface area contributed by atoms with E-state index in [1.807, 2.05) is 18.2 Å². The highest BCUT2D eigenvalue weighted by molar-refractivity contribution is 7.99. The molecule has 7 heteroatoms. The van der Waals surface area contributed by atoms with E-state index in [0.29, 0.717) is 0 Å². The van der Waals surface area contributed by atoms with Crippen LogP contribution in [0.5, 0.6) is 0 Å². The van der Waals surface area contributed by atoms with Crippen molar-refractivity contribution < 1.29 is 4.79 Å². The summed E-state index contributed by atoms with van der Waals surface area (Å²) in [4.78, 5) is 17.0. The smallest absolute Gasteiger partial charge is 0.246 e. The predicted octanol–water partition coefficient (Wildman–Crippen LogP) is 1.95. The number of aromatic nitrogens is 3. The predicted molar refractivity (Wildman–Crippen MR) is 76.6 cm³/mol. The third-order valence-electron chi connectivity index (χ3n) is 3.06. The number of H-pyrrole nitrogens is 1. The second-order valence-corrected chi connectivity index (χ2v) is 5.58. The number of nitrogens with zero attached hydrogens (tertiary/aromatic N) is 2. The molecule has 6 nitrogen and oxygen atoms in total. The molecule has 0 aliphatic carbocycles. The van der Waals surface area contributed by atoms with Crippen molar-refractivity contribution >= 4 is 23.4 Å². The van der Waals surface area contributed by atoms with E-state index in [2.05, 4.69) is 32.7 Å². The lowest BCUT2D eigenvalue weighted by Gasteiger charge is -2.10. The first-order valence-corrected chi connectivity index (χ1v) is 7.31. The lowest BCUT2D eigenvalue weighted by molar-refractivity contribution is -0.117. The molecule has 20 heavy (non-hydrogen) atoms. The molecule has 1 amide bonds. The average molecular weight is 289 g/mol. The molecule has 0 radical (unpaired) electrons. The van der Waals surface area contributed by atoms with E-state index in [-0.39, 0.29) is 11.9 Å². The van der Waals surface area contributed by atoms with Crippen LogP contribution in [0.15, 0.2) is 34.6 Å². The summed E-state index contributed by atoms with van der Waals surface area (Å²) in [5.74, 6) is 0.00950. The summed E-state index contributed by atoms with van der Waals surface area (Å²) in [5.41, 5.74) is 1.87. The van der Waals surface area contributed by atoms with Crippen LogP contribution >= 0.6 is 11.8 Å². The van der Waals surface area contributed by atoms with Gasteiger partial charge in [-0.25, -0.2) is 4.98 Å². The number of carbonyl (C=O) groups is 1. The van der Waals surface area contributed by atoms with E-state index in [1.54, 1.807) is 0 Å². The summed E-state index contributed by atoms with van der Waals surface area (Å²) in [6.45, 7) is 2.91. The quantitative estimate of drug-likeness (QED) is 0.783. The second-order valence-electron chi connectivity index (χ2n) is 4.52. The molecule has 2 aromatic rings. The summed E-state index contributed by atoms with van der Waals surface area (Å²) in [5, 5.41) is 13.5. The summed E-state index contributed by atoms with van der Waals surface area (Å²) in [7, 11) is 0. The number of amides is 1. The Morgan fingerprint density at radius 2 is 2.35 bits per heavy atom. The van der Waals surface area contributed by atoms with Gasteiger partial charge >= 0.3 is 0 Å². The van der Waals surface area contributed by atoms with Gasteiger partial charge in [0.15, 0.2) is 5.16 Å². The zero-order chi connectivity index (χ0) is 13.9. The minimum Gasteiger partial charge on any atom is -0.324 e. The van der Waals surface area contributed by atoms with Gasteiger partial charge in [-0.05, 0) is 25.1 Å². The first kappa shape index (κ1) is 13.1. The number of aromatic amines is 1. The molecule has 1 aliphatic heterocycles. The van der Waals surface area contributed by atoms with Gasteiger partial charge in [-0.3, -0.25) is 9.89 Å². The van der Waals surface area contributed by atoms with Crippen molar-refractivity contribution in [3.63, 3.8) is 0 Å². The molecule has 3 rings (SSSR count). The van der Waals surface area contributed by atoms with Crippen LogP contribution in [-0.4, -0.2) is 27.6 Å². The molecule has 0 spiro atoms. The van der Waals surface area contributed by atoms with Crippen LogP contribution in [0.4, 0.5) is 5.69 Å². The van der Waals surface area contributed by atoms with E-state index >= 15 is 0 Å². The Morgan fingerprint density at radius 3 is 3.10 bits per heavy atom. The van der Waals surface area contributed by atoms with Crippen molar-refractivity contribution in [1.29, 1.82) is 0 Å². The van der Waals surface area contributed by atoms with Gasteiger partial charge in [0.25, 0.3) is 0 Å². The molecule has 0 bridgehead atoms. The maximum Gasteiger partial charge on any atom is 0.246 e. The fraction of sp³-hybridized carbons (Fsp3) is 0.308. The van der Waals surface area contributed by atoms with E-state index in [0.717, 1.165) is 34.3 Å². The SMILES string of the molecule is CCCNC1C(=O)Nc2cc(Sc3ncn[nH]3)ccc21. The van der Waals surface area contributed by atoms with Gasteiger partial charge < -0.3 is 10.6 Å². The number of rotatable bonds is 5. The van der Waals surface area contributed by atoms with E-state index in [4.69, 9.17) is 0 Å². The van der Waals surface area contributed by atoms with Gasteiger partial charge in [-0.2, -0.15) is 5.10 Å². The monoisotopic (exact) mass is 289 g/mol. The van der Waals surface area contributed by atoms with Crippen molar-refractivity contribution in [3.05, 3.63) is 30.1 Å². The van der Waals surface area contributed by atoms with Gasteiger partial charge in [0, 0.05) is 16.1 Å². The summed E-state index contributed by atoms with van der Waals surface area (Å²) in [6.07, 6.45) is 2.47. The summed E-state index contributed by atoms with van der Waals surface area (Å²) in [6, 6.07) is 5.70. The average Bonchev–Trinajstić information content (AvgIpc) is 3.03. The number of hydrogen-bond donors (Lipinski definition) is 3. The molecular weight excluding hydrogens is 274 g/mol. The van der Waals surface area contributed by atoms with Crippen molar-refractivity contribution in [2.75, 3.05) is 11.9 Å². The van der Waals surface area contributed by atoms with Crippen LogP contribution in [-0.2, 0) is 4.79 Å². The second kappa shape index (κ2) is 5.64. The maximum absolute atomic E-state index is 12.0. The molecule has 1 aromatic carbocycles. The molecule has 104 valence electrons. The molecule has 3 N–H and O–H groups in total. The largest absolute Gasteiger partial charge is 0.324 e. The Morgan fingerprint density at radius 1 is 1.45 bits per heavy atom. The van der Waals surface area contributed by atoms with Crippen LogP contribution in [0.25, 0.3) is 0 Å². The van der Waals surface area contributed by atoms with E-state index in [1.165, 1.54) is 18.1 Å². The Balaban J connectivity index is 1.80. The van der Waals surface area contributed by atoms with Crippen LogP contribution in [0.1, 0.15) is 24.9 Å². The zero-order valence-corrected chi connectivity index (χ0v) is 11.8. The first-order valence-electron chi connectivity index (χ1n) is 6.49. The van der Waals surface area contributed by atoms with Crippen LogP contribution in [0.3, 0.4) is 0 Å². The zero-order valence-electron chi connectivity index (χ0n) is 11.0. The van der Waals surface area contributed by atoms with Crippen LogP contribution in [0, 0.1) is 0 Å². The molecule has 0 saturated heterocycles. The Kier molecular flexibility index (Phi) is 3.70. The first-order chi connectivity index (χ1) is 9.78. The fourth-order valence-corrected chi connectivity index (χ4v) is 2.89. The molecule has 0 fully saturated rings. The summed E-state index contributed by atoms with van der Waals surface area (Å²) < 4.78 is 0. The van der Waals surface area contributed by atoms with Gasteiger partial charge in [-0.1, -0.05) is 24.8 Å². The molecular formula is C13H15N5OS. The van der Waals surface area contributed by atoms with Gasteiger partial charge in [0.05, 0.1) is 0 Å². The van der Waals surface area contributed by atoms with E-state index < -0.39 is 0 Å². The number of benzene rings is 1. The van der Waals surface area contributed by atoms with Crippen LogP contribution < -0.4 is 10.6 Å². The fourth-order valence-electron chi connectivity index (χ4n) is 2.15. The number of anilines is 1. The number of nitrogens with one attached hydrogen (secondary N) is 3. The topological polar surface area (TPSA) is 82.7 Å². The Hall–Kier alpha value is -1.86. The third-order valence-corrected chi connectivity index (χ3v) is 3.94. The number of hydrogen-bond acceptors (Lipinski definition) is 5. The highest BCUT2D eigenvalue weighted by Gasteiger charge is 2.29. The number of fused-ring (bicyclic) bond motifs is 1. The molecule has 1 aliphatic rings. The lowest BCUT2D eigenvalue weighted by atomic mass is 10.1. The molecule has 1 aromatic heterocycles. The third kappa shape index (κ3) is 2.54. The van der Waals surface area contributed by atoms with Gasteiger partial charge in [0.1, 0.15) is 12.4 Å². The van der Waals surface area contributed by atoms with E-state index in [9.17, 15) is 4.79 Å². The maximum atomic E-state index is 12.0. The van der Waals surface area contributed by atoms with Crippen molar-refractivity contribution in [1.82, 2.24) is 20.5 Å². The number of carbonyl (C=O) groups excluding carboxylic acids is 1. The molecule has 0 saturated carbocycles. The Labute approximate surface area is 120 Å². The molecule has 1 unspecified atom stereocenters. The molecule has 1 atom stereocenters. The van der Waals surface area contributed by atoms with Crippen LogP contribution in [0.2, 0.25) is 0 Å². The van der Waals surface area contributed by atoms with Gasteiger partial charge in [-0.15, -0.1) is 0 Å². The lowest BCUT2D eigenvalue weighted by Crippen LogP contribution is -2.27. The highest BCUT2D eigenvalue weighted by atomic mass is 32.2.